The van der Waals surface area contributed by atoms with E-state index < -0.39 is 0 Å². The van der Waals surface area contributed by atoms with Crippen LogP contribution in [-0.4, -0.2) is 37.5 Å². The van der Waals surface area contributed by atoms with Gasteiger partial charge in [0.05, 0.1) is 13.3 Å². The molecule has 0 aromatic carbocycles. The Bertz CT molecular complexity index is 129. The lowest BCUT2D eigenvalue weighted by Gasteiger charge is -1.98. The van der Waals surface area contributed by atoms with Crippen molar-refractivity contribution in [1.29, 1.82) is 0 Å². The lowest BCUT2D eigenvalue weighted by atomic mass is 10.6. The summed E-state index contributed by atoms with van der Waals surface area (Å²) in [6, 6.07) is -0.174. The van der Waals surface area contributed by atoms with E-state index in [4.69, 9.17) is 4.74 Å². The molecule has 1 N–H and O–H groups in total. The van der Waals surface area contributed by atoms with Crippen molar-refractivity contribution in [2.75, 3.05) is 19.9 Å². The second kappa shape index (κ2) is 2.59. The Labute approximate surface area is 53.1 Å². The molecule has 9 heavy (non-hydrogen) atoms. The molecular weight excluding hydrogens is 120 g/mol. The van der Waals surface area contributed by atoms with E-state index in [0.29, 0.717) is 19.9 Å². The Balaban J connectivity index is 2.41. The summed E-state index contributed by atoms with van der Waals surface area (Å²) in [6.45, 7) is 4.92. The van der Waals surface area contributed by atoms with Crippen LogP contribution in [0.15, 0.2) is 0 Å². The zero-order chi connectivity index (χ0) is 6.69. The molecule has 0 aromatic rings. The summed E-state index contributed by atoms with van der Waals surface area (Å²) < 4.78 is 4.92. The number of ether oxygens (including phenoxy) is 1. The number of carbonyl (C=O) groups excluding carboxylic acids is 1. The number of nitrogens with zero attached hydrogens (tertiary/aromatic N) is 1. The maximum Gasteiger partial charge on any atom is 0.492 e. The first-order valence-corrected chi connectivity index (χ1v) is 2.74. The minimum Gasteiger partial charge on any atom is -0.338 e. The number of rotatable bonds is 0. The lowest BCUT2D eigenvalue weighted by molar-refractivity contribution is -0.344. The quantitative estimate of drug-likeness (QED) is 0.391. The Kier molecular flexibility index (Phi) is 1.79. The molecule has 1 heterocycles. The normalized spacial score (nSPS) is 18.0. The summed E-state index contributed by atoms with van der Waals surface area (Å²) >= 11 is 0. The molecule has 1 saturated heterocycles. The Hall–Kier alpha value is -0.900. The molecule has 50 valence electrons. The molecule has 2 amide bonds. The predicted octanol–water partition coefficient (Wildman–Crippen LogP) is -1.82. The van der Waals surface area contributed by atoms with Gasteiger partial charge in [-0.25, -0.2) is 4.99 Å². The molecule has 0 radical (unpaired) electrons. The van der Waals surface area contributed by atoms with Gasteiger partial charge in [-0.2, -0.15) is 9.69 Å². The van der Waals surface area contributed by atoms with Crippen molar-refractivity contribution in [2.45, 2.75) is 0 Å². The van der Waals surface area contributed by atoms with Crippen LogP contribution in [0.3, 0.4) is 0 Å². The number of hydrogen-bond acceptors (Lipinski definition) is 2. The van der Waals surface area contributed by atoms with E-state index in [0.717, 1.165) is 0 Å². The maximum atomic E-state index is 10.7. The van der Waals surface area contributed by atoms with Gasteiger partial charge in [-0.1, -0.05) is 0 Å². The highest BCUT2D eigenvalue weighted by Crippen LogP contribution is 1.95. The molecule has 0 saturated carbocycles. The van der Waals surface area contributed by atoms with Gasteiger partial charge in [0.15, 0.2) is 6.73 Å². The molecule has 1 aliphatic rings. The van der Waals surface area contributed by atoms with E-state index in [1.165, 1.54) is 0 Å². The minimum atomic E-state index is -0.174. The van der Waals surface area contributed by atoms with Crippen molar-refractivity contribution in [3.8, 4) is 0 Å². The van der Waals surface area contributed by atoms with Gasteiger partial charge in [0.25, 0.3) is 0 Å². The number of hydrogen-bond donors (Lipinski definition) is 1. The minimum absolute atomic E-state index is 0.174. The average Bonchev–Trinajstić information content (AvgIpc) is 2.37. The monoisotopic (exact) mass is 129 g/mol. The fourth-order valence-corrected chi connectivity index (χ4v) is 0.686. The third-order valence-electron chi connectivity index (χ3n) is 1.19. The molecule has 0 bridgehead atoms. The zero-order valence-electron chi connectivity index (χ0n) is 5.09. The Morgan fingerprint density at radius 2 is 2.56 bits per heavy atom. The summed E-state index contributed by atoms with van der Waals surface area (Å²) in [5.41, 5.74) is 0. The number of urea groups is 1. The van der Waals surface area contributed by atoms with Gasteiger partial charge in [0, 0.05) is 0 Å². The van der Waals surface area contributed by atoms with Crippen LogP contribution in [0.25, 0.3) is 0 Å². The van der Waals surface area contributed by atoms with Crippen LogP contribution < -0.4 is 4.99 Å². The van der Waals surface area contributed by atoms with Gasteiger partial charge in [-0.05, 0) is 0 Å². The van der Waals surface area contributed by atoms with Gasteiger partial charge in [0.1, 0.15) is 6.54 Å². The third-order valence-corrected chi connectivity index (χ3v) is 1.19. The van der Waals surface area contributed by atoms with Crippen molar-refractivity contribution in [3.05, 3.63) is 0 Å². The fourth-order valence-electron chi connectivity index (χ4n) is 0.686. The summed E-state index contributed by atoms with van der Waals surface area (Å²) in [5.74, 6) is 0. The largest absolute Gasteiger partial charge is 0.492 e. The summed E-state index contributed by atoms with van der Waals surface area (Å²) in [7, 11) is 0. The highest BCUT2D eigenvalue weighted by molar-refractivity contribution is 5.64. The van der Waals surface area contributed by atoms with Gasteiger partial charge >= 0.3 is 6.03 Å². The van der Waals surface area contributed by atoms with E-state index >= 15 is 0 Å². The predicted molar refractivity (Wildman–Crippen MR) is 31.0 cm³/mol. The SMILES string of the molecule is C=[NH+]C(=O)N1CCOC1. The second-order valence-electron chi connectivity index (χ2n) is 1.78. The summed E-state index contributed by atoms with van der Waals surface area (Å²) in [5, 5.41) is 0. The van der Waals surface area contributed by atoms with Crippen molar-refractivity contribution in [1.82, 2.24) is 4.90 Å². The van der Waals surface area contributed by atoms with Gasteiger partial charge < -0.3 is 4.74 Å². The summed E-state index contributed by atoms with van der Waals surface area (Å²) in [4.78, 5) is 14.5. The molecule has 0 spiro atoms. The summed E-state index contributed by atoms with van der Waals surface area (Å²) in [6.07, 6.45) is 0. The highest BCUT2D eigenvalue weighted by Gasteiger charge is 2.23. The van der Waals surface area contributed by atoms with Crippen LogP contribution in [0.5, 0.6) is 0 Å². The van der Waals surface area contributed by atoms with Crippen molar-refractivity contribution in [3.63, 3.8) is 0 Å². The fraction of sp³-hybridized carbons (Fsp3) is 0.600. The van der Waals surface area contributed by atoms with E-state index in [9.17, 15) is 4.79 Å². The van der Waals surface area contributed by atoms with Gasteiger partial charge in [0.2, 0.25) is 0 Å². The van der Waals surface area contributed by atoms with Gasteiger partial charge in [-0.3, -0.25) is 0 Å². The first kappa shape index (κ1) is 6.22. The first-order valence-electron chi connectivity index (χ1n) is 2.74. The van der Waals surface area contributed by atoms with Crippen LogP contribution in [0.4, 0.5) is 4.79 Å². The highest BCUT2D eigenvalue weighted by atomic mass is 16.5. The number of amides is 2. The van der Waals surface area contributed by atoms with Crippen molar-refractivity contribution < 1.29 is 14.5 Å². The van der Waals surface area contributed by atoms with Gasteiger partial charge in [-0.15, -0.1) is 0 Å². The lowest BCUT2D eigenvalue weighted by Crippen LogP contribution is -2.75. The second-order valence-corrected chi connectivity index (χ2v) is 1.78. The molecule has 1 aliphatic heterocycles. The van der Waals surface area contributed by atoms with E-state index in [1.807, 2.05) is 0 Å². The van der Waals surface area contributed by atoms with E-state index in [2.05, 4.69) is 11.7 Å². The molecule has 0 atom stereocenters. The topological polar surface area (TPSA) is 43.5 Å². The van der Waals surface area contributed by atoms with Crippen LogP contribution in [-0.2, 0) is 4.74 Å². The number of carbonyl (C=O) groups is 1. The molecule has 1 fully saturated rings. The standard InChI is InChI=1S/C5H8N2O2/c1-6-5(8)7-2-3-9-4-7/h1-4H2/p+1. The molecule has 4 heteroatoms. The Morgan fingerprint density at radius 1 is 1.78 bits per heavy atom. The van der Waals surface area contributed by atoms with Crippen LogP contribution >= 0.6 is 0 Å². The Morgan fingerprint density at radius 3 is 3.00 bits per heavy atom. The zero-order valence-corrected chi connectivity index (χ0v) is 5.09. The first-order chi connectivity index (χ1) is 4.34. The van der Waals surface area contributed by atoms with Crippen LogP contribution in [0, 0.1) is 0 Å². The van der Waals surface area contributed by atoms with Crippen LogP contribution in [0.1, 0.15) is 0 Å². The van der Waals surface area contributed by atoms with Crippen molar-refractivity contribution in [2.24, 2.45) is 0 Å². The van der Waals surface area contributed by atoms with E-state index in [1.54, 1.807) is 4.90 Å². The average molecular weight is 129 g/mol. The smallest absolute Gasteiger partial charge is 0.338 e. The number of nitrogens with one attached hydrogen (secondary N) is 1. The van der Waals surface area contributed by atoms with Crippen molar-refractivity contribution >= 4 is 12.7 Å². The molecule has 0 unspecified atom stereocenters. The maximum absolute atomic E-state index is 10.7. The molecule has 0 aliphatic carbocycles. The molecule has 0 aromatic heterocycles. The molecule has 1 rings (SSSR count). The molecule has 4 nitrogen and oxygen atoms in total. The third kappa shape index (κ3) is 1.26. The molecular formula is C5H9N2O2+. The van der Waals surface area contributed by atoms with E-state index in [-0.39, 0.29) is 6.03 Å². The van der Waals surface area contributed by atoms with Crippen LogP contribution in [0.2, 0.25) is 0 Å².